The molecule has 0 aromatic heterocycles. The Morgan fingerprint density at radius 2 is 2.06 bits per heavy atom. The molecule has 0 fully saturated rings. The summed E-state index contributed by atoms with van der Waals surface area (Å²) in [4.78, 5) is 2.55. The average molecular weight is 213 g/mol. The molecular weight excluding hydrogens is 194 g/mol. The summed E-state index contributed by atoms with van der Waals surface area (Å²) in [6.07, 6.45) is 2.38. The van der Waals surface area contributed by atoms with Gasteiger partial charge in [-0.2, -0.15) is 0 Å². The first kappa shape index (κ1) is 9.95. The van der Waals surface area contributed by atoms with E-state index in [2.05, 4.69) is 43.5 Å². The molecule has 0 saturated heterocycles. The van der Waals surface area contributed by atoms with Crippen molar-refractivity contribution >= 4 is 11.3 Å². The van der Waals surface area contributed by atoms with Crippen molar-refractivity contribution in [3.63, 3.8) is 0 Å². The van der Waals surface area contributed by atoms with Crippen LogP contribution in [0.15, 0.2) is 24.8 Å². The van der Waals surface area contributed by atoms with Crippen molar-refractivity contribution in [3.8, 4) is 0 Å². The molecule has 0 unspecified atom stereocenters. The van der Waals surface area contributed by atoms with Gasteiger partial charge in [-0.25, -0.2) is 0 Å². The van der Waals surface area contributed by atoms with Gasteiger partial charge in [0, 0.05) is 24.3 Å². The summed E-state index contributed by atoms with van der Waals surface area (Å²) in [5.74, 6) is 0. The molecule has 2 aliphatic heterocycles. The second-order valence-corrected chi connectivity index (χ2v) is 5.68. The molecule has 0 bridgehead atoms. The summed E-state index contributed by atoms with van der Waals surface area (Å²) < 4.78 is 0. The highest BCUT2D eigenvalue weighted by Crippen LogP contribution is 2.45. The molecule has 1 aromatic carbocycles. The van der Waals surface area contributed by atoms with Gasteiger partial charge in [0.1, 0.15) is 0 Å². The maximum atomic E-state index is 4.21. The van der Waals surface area contributed by atoms with Gasteiger partial charge < -0.3 is 4.90 Å². The lowest BCUT2D eigenvalue weighted by atomic mass is 9.75. The Labute approximate surface area is 97.8 Å². The van der Waals surface area contributed by atoms with E-state index in [0.717, 1.165) is 13.0 Å². The third kappa shape index (κ3) is 1.24. The maximum absolute atomic E-state index is 4.21. The third-order valence-corrected chi connectivity index (χ3v) is 4.15. The van der Waals surface area contributed by atoms with Crippen LogP contribution in [0.4, 0.5) is 5.69 Å². The molecule has 3 rings (SSSR count). The molecule has 0 aliphatic carbocycles. The van der Waals surface area contributed by atoms with Crippen molar-refractivity contribution in [1.29, 1.82) is 0 Å². The van der Waals surface area contributed by atoms with Gasteiger partial charge in [-0.05, 0) is 29.4 Å². The van der Waals surface area contributed by atoms with Crippen LogP contribution in [0.5, 0.6) is 0 Å². The minimum Gasteiger partial charge on any atom is -0.370 e. The predicted octanol–water partition coefficient (Wildman–Crippen LogP) is 3.59. The van der Waals surface area contributed by atoms with Crippen molar-refractivity contribution in [2.75, 3.05) is 18.0 Å². The highest BCUT2D eigenvalue weighted by molar-refractivity contribution is 5.82. The number of anilines is 1. The molecule has 1 heteroatoms. The molecule has 0 spiro atoms. The van der Waals surface area contributed by atoms with Crippen LogP contribution in [0.25, 0.3) is 5.57 Å². The molecule has 0 amide bonds. The molecule has 0 N–H and O–H groups in total. The van der Waals surface area contributed by atoms with Gasteiger partial charge in [0.2, 0.25) is 0 Å². The van der Waals surface area contributed by atoms with Crippen LogP contribution in [0.3, 0.4) is 0 Å². The zero-order valence-corrected chi connectivity index (χ0v) is 10.2. The van der Waals surface area contributed by atoms with E-state index in [1.807, 2.05) is 0 Å². The fourth-order valence-electron chi connectivity index (χ4n) is 3.00. The normalized spacial score (nSPS) is 21.9. The Morgan fingerprint density at radius 1 is 1.25 bits per heavy atom. The lowest BCUT2D eigenvalue weighted by Gasteiger charge is -2.44. The minimum atomic E-state index is 0.319. The van der Waals surface area contributed by atoms with E-state index < -0.39 is 0 Å². The summed E-state index contributed by atoms with van der Waals surface area (Å²) in [5.41, 5.74) is 5.99. The van der Waals surface area contributed by atoms with E-state index in [9.17, 15) is 0 Å². The van der Waals surface area contributed by atoms with Crippen molar-refractivity contribution in [2.24, 2.45) is 0 Å². The standard InChI is InChI=1S/C15H19N/c1-11-7-9-16-10-8-15(2,3)13-6-4-5-12(11)14(13)16/h4-6H,1,7-10H2,2-3H3. The van der Waals surface area contributed by atoms with Crippen LogP contribution in [-0.2, 0) is 5.41 Å². The van der Waals surface area contributed by atoms with E-state index in [1.165, 1.54) is 35.4 Å². The minimum absolute atomic E-state index is 0.319. The van der Waals surface area contributed by atoms with Crippen LogP contribution in [0.2, 0.25) is 0 Å². The Morgan fingerprint density at radius 3 is 2.88 bits per heavy atom. The van der Waals surface area contributed by atoms with Crippen molar-refractivity contribution in [3.05, 3.63) is 35.9 Å². The maximum Gasteiger partial charge on any atom is 0.0480 e. The van der Waals surface area contributed by atoms with Gasteiger partial charge >= 0.3 is 0 Å². The van der Waals surface area contributed by atoms with E-state index in [0.29, 0.717) is 5.41 Å². The van der Waals surface area contributed by atoms with E-state index >= 15 is 0 Å². The summed E-state index contributed by atoms with van der Waals surface area (Å²) in [6.45, 7) is 11.3. The number of benzene rings is 1. The molecule has 0 atom stereocenters. The molecule has 1 aromatic rings. The predicted molar refractivity (Wildman–Crippen MR) is 69.9 cm³/mol. The van der Waals surface area contributed by atoms with E-state index in [4.69, 9.17) is 0 Å². The quantitative estimate of drug-likeness (QED) is 0.636. The van der Waals surface area contributed by atoms with E-state index in [1.54, 1.807) is 0 Å². The summed E-state index contributed by atoms with van der Waals surface area (Å²) in [6, 6.07) is 6.72. The highest BCUT2D eigenvalue weighted by Gasteiger charge is 2.34. The Bertz CT molecular complexity index is 457. The van der Waals surface area contributed by atoms with Crippen LogP contribution >= 0.6 is 0 Å². The van der Waals surface area contributed by atoms with Gasteiger partial charge in [-0.1, -0.05) is 38.6 Å². The molecule has 2 heterocycles. The highest BCUT2D eigenvalue weighted by atomic mass is 15.1. The Balaban J connectivity index is 2.27. The van der Waals surface area contributed by atoms with Gasteiger partial charge in [-0.3, -0.25) is 0 Å². The Hall–Kier alpha value is -1.24. The second kappa shape index (κ2) is 3.13. The van der Waals surface area contributed by atoms with Crippen LogP contribution in [-0.4, -0.2) is 13.1 Å². The smallest absolute Gasteiger partial charge is 0.0480 e. The lowest BCUT2D eigenvalue weighted by Crippen LogP contribution is -2.40. The number of hydrogen-bond donors (Lipinski definition) is 0. The molecule has 84 valence electrons. The van der Waals surface area contributed by atoms with Crippen molar-refractivity contribution in [2.45, 2.75) is 32.1 Å². The van der Waals surface area contributed by atoms with Crippen molar-refractivity contribution in [1.82, 2.24) is 0 Å². The van der Waals surface area contributed by atoms with Crippen LogP contribution < -0.4 is 4.90 Å². The van der Waals surface area contributed by atoms with Crippen molar-refractivity contribution < 1.29 is 0 Å². The fourth-order valence-corrected chi connectivity index (χ4v) is 3.00. The van der Waals surface area contributed by atoms with Gasteiger partial charge in [0.25, 0.3) is 0 Å². The topological polar surface area (TPSA) is 3.24 Å². The number of rotatable bonds is 0. The summed E-state index contributed by atoms with van der Waals surface area (Å²) in [5, 5.41) is 0. The third-order valence-electron chi connectivity index (χ3n) is 4.15. The van der Waals surface area contributed by atoms with E-state index in [-0.39, 0.29) is 0 Å². The van der Waals surface area contributed by atoms with Crippen LogP contribution in [0, 0.1) is 0 Å². The largest absolute Gasteiger partial charge is 0.370 e. The van der Waals surface area contributed by atoms with Gasteiger partial charge in [0.05, 0.1) is 0 Å². The van der Waals surface area contributed by atoms with Gasteiger partial charge in [0.15, 0.2) is 0 Å². The number of hydrogen-bond acceptors (Lipinski definition) is 1. The summed E-state index contributed by atoms with van der Waals surface area (Å²) in [7, 11) is 0. The molecule has 0 radical (unpaired) electrons. The lowest BCUT2D eigenvalue weighted by molar-refractivity contribution is 0.452. The fraction of sp³-hybridized carbons (Fsp3) is 0.467. The van der Waals surface area contributed by atoms with Gasteiger partial charge in [-0.15, -0.1) is 0 Å². The summed E-state index contributed by atoms with van der Waals surface area (Å²) >= 11 is 0. The van der Waals surface area contributed by atoms with Crippen LogP contribution in [0.1, 0.15) is 37.8 Å². The zero-order chi connectivity index (χ0) is 11.3. The Kier molecular flexibility index (Phi) is 1.95. The molecule has 2 aliphatic rings. The molecular formula is C15H19N. The molecule has 1 nitrogen and oxygen atoms in total. The first-order valence-electron chi connectivity index (χ1n) is 6.16. The molecule has 0 saturated carbocycles. The number of para-hydroxylation sites is 1. The first-order chi connectivity index (χ1) is 7.59. The first-order valence-corrected chi connectivity index (χ1v) is 6.16. The zero-order valence-electron chi connectivity index (χ0n) is 10.2. The molecule has 16 heavy (non-hydrogen) atoms. The average Bonchev–Trinajstić information content (AvgIpc) is 2.27. The monoisotopic (exact) mass is 213 g/mol. The number of nitrogens with zero attached hydrogens (tertiary/aromatic N) is 1. The second-order valence-electron chi connectivity index (χ2n) is 5.68. The SMILES string of the molecule is C=C1CCN2CCC(C)(C)c3cccc1c32.